The molecule has 0 amide bonds. The number of aromatic nitrogens is 2. The van der Waals surface area contributed by atoms with Gasteiger partial charge in [-0.15, -0.1) is 35.6 Å². The number of furan rings is 1. The number of fused-ring (bicyclic) bond motifs is 3. The number of aromatic hydroxyl groups is 1. The molecule has 0 spiro atoms. The Bertz CT molecular complexity index is 3060. The molecule has 0 aliphatic carbocycles. The summed E-state index contributed by atoms with van der Waals surface area (Å²) in [7, 11) is 0. The van der Waals surface area contributed by atoms with Gasteiger partial charge in [0, 0.05) is 64.2 Å². The Morgan fingerprint density at radius 3 is 1.84 bits per heavy atom. The van der Waals surface area contributed by atoms with Crippen LogP contribution < -0.4 is 0 Å². The van der Waals surface area contributed by atoms with Gasteiger partial charge in [-0.1, -0.05) is 114 Å². The van der Waals surface area contributed by atoms with Crippen LogP contribution in [0.5, 0.6) is 5.75 Å². The number of hydrogen-bond donors (Lipinski definition) is 1. The Morgan fingerprint density at radius 1 is 0.474 bits per heavy atom. The van der Waals surface area contributed by atoms with E-state index >= 15 is 0 Å². The molecule has 4 heterocycles. The van der Waals surface area contributed by atoms with Crippen molar-refractivity contribution < 1.29 is 30.6 Å². The number of rotatable bonds is 7. The van der Waals surface area contributed by atoms with Gasteiger partial charge in [0.2, 0.25) is 0 Å². The zero-order valence-electron chi connectivity index (χ0n) is 30.7. The molecule has 0 aliphatic heterocycles. The fourth-order valence-corrected chi connectivity index (χ4v) is 8.40. The second-order valence-corrected chi connectivity index (χ2v) is 15.0. The van der Waals surface area contributed by atoms with Crippen LogP contribution in [0.1, 0.15) is 5.69 Å². The third kappa shape index (κ3) is 7.13. The van der Waals surface area contributed by atoms with Gasteiger partial charge >= 0.3 is 0 Å². The van der Waals surface area contributed by atoms with E-state index in [2.05, 4.69) is 72.8 Å². The van der Waals surface area contributed by atoms with Crippen LogP contribution in [-0.2, 0) is 21.1 Å². The number of para-hydroxylation sites is 1. The van der Waals surface area contributed by atoms with Crippen LogP contribution >= 0.6 is 11.3 Å². The summed E-state index contributed by atoms with van der Waals surface area (Å²) >= 11 is 1.76. The molecule has 276 valence electrons. The molecule has 0 atom stereocenters. The van der Waals surface area contributed by atoms with Crippen molar-refractivity contribution >= 4 is 33.3 Å². The molecule has 0 unspecified atom stereocenters. The first-order valence-corrected chi connectivity index (χ1v) is 19.3. The molecule has 6 heteroatoms. The van der Waals surface area contributed by atoms with E-state index in [0.29, 0.717) is 11.3 Å². The van der Waals surface area contributed by atoms with Crippen LogP contribution in [0, 0.1) is 13.0 Å². The summed E-state index contributed by atoms with van der Waals surface area (Å²) in [6.07, 6.45) is 0. The summed E-state index contributed by atoms with van der Waals surface area (Å²) in [6, 6.07) is 63.3. The predicted molar refractivity (Wildman–Crippen MR) is 230 cm³/mol. The van der Waals surface area contributed by atoms with Crippen molar-refractivity contribution in [3.05, 3.63) is 188 Å². The van der Waals surface area contributed by atoms with E-state index < -0.39 is 0 Å². The van der Waals surface area contributed by atoms with Gasteiger partial charge in [-0.2, -0.15) is 0 Å². The molecule has 10 rings (SSSR count). The van der Waals surface area contributed by atoms with Gasteiger partial charge in [0.05, 0.1) is 5.69 Å². The summed E-state index contributed by atoms with van der Waals surface area (Å²) < 4.78 is 6.19. The Morgan fingerprint density at radius 2 is 1.09 bits per heavy atom. The van der Waals surface area contributed by atoms with Crippen molar-refractivity contribution in [2.24, 2.45) is 0 Å². The van der Waals surface area contributed by atoms with Gasteiger partial charge in [0.1, 0.15) is 16.9 Å². The molecule has 0 radical (unpaired) electrons. The smallest absolute Gasteiger partial charge is 0.136 e. The molecular formula is C51H33N2O2PtS-. The van der Waals surface area contributed by atoms with E-state index in [4.69, 9.17) is 14.4 Å². The van der Waals surface area contributed by atoms with E-state index in [1.54, 1.807) is 11.3 Å². The molecule has 1 N–H and O–H groups in total. The topological polar surface area (TPSA) is 59.2 Å². The molecule has 0 aliphatic rings. The molecule has 6 aromatic carbocycles. The van der Waals surface area contributed by atoms with Gasteiger partial charge in [0.25, 0.3) is 0 Å². The molecule has 0 saturated carbocycles. The van der Waals surface area contributed by atoms with Crippen LogP contribution in [0.3, 0.4) is 0 Å². The average Bonchev–Trinajstić information content (AvgIpc) is 3.90. The Labute approximate surface area is 349 Å². The summed E-state index contributed by atoms with van der Waals surface area (Å²) in [5.41, 5.74) is 13.7. The Hall–Kier alpha value is -6.39. The number of aryl methyl sites for hydroxylation is 1. The maximum absolute atomic E-state index is 11.3. The Balaban J connectivity index is 0.00000422. The van der Waals surface area contributed by atoms with Gasteiger partial charge in [0.15, 0.2) is 0 Å². The van der Waals surface area contributed by atoms with Crippen molar-refractivity contribution in [2.75, 3.05) is 0 Å². The SMILES string of the molecule is Cc1cc(-c2ccc(-c3ccc4c(c3)oc3ccccc34)s2)cc(-c2[c-]c(-c3cc(-c4ccccc4)cc(-c4ccc(-c5ccccc5)cc4O)n3)ccc2)n1.[Pt]. The van der Waals surface area contributed by atoms with E-state index in [1.165, 1.54) is 4.88 Å². The molecule has 4 nitrogen and oxygen atoms in total. The van der Waals surface area contributed by atoms with Crippen molar-refractivity contribution in [2.45, 2.75) is 6.92 Å². The molecular weight excluding hydrogens is 900 g/mol. The predicted octanol–water partition coefficient (Wildman–Crippen LogP) is 13.9. The molecule has 57 heavy (non-hydrogen) atoms. The summed E-state index contributed by atoms with van der Waals surface area (Å²) in [5, 5.41) is 13.6. The van der Waals surface area contributed by atoms with Gasteiger partial charge in [-0.05, 0) is 94.9 Å². The number of hydrogen-bond acceptors (Lipinski definition) is 5. The normalized spacial score (nSPS) is 11.2. The molecule has 0 fully saturated rings. The fourth-order valence-electron chi connectivity index (χ4n) is 7.41. The van der Waals surface area contributed by atoms with Crippen molar-refractivity contribution in [3.8, 4) is 82.7 Å². The average molecular weight is 933 g/mol. The number of pyridine rings is 2. The number of thiophene rings is 1. The maximum atomic E-state index is 11.3. The van der Waals surface area contributed by atoms with E-state index in [0.717, 1.165) is 88.4 Å². The minimum Gasteiger partial charge on any atom is -0.507 e. The number of phenols is 1. The summed E-state index contributed by atoms with van der Waals surface area (Å²) in [4.78, 5) is 12.4. The molecule has 4 aromatic heterocycles. The van der Waals surface area contributed by atoms with Crippen LogP contribution in [0.2, 0.25) is 0 Å². The maximum Gasteiger partial charge on any atom is 0.136 e. The molecule has 0 saturated heterocycles. The van der Waals surface area contributed by atoms with Crippen LogP contribution in [0.25, 0.3) is 98.8 Å². The number of benzene rings is 6. The monoisotopic (exact) mass is 932 g/mol. The standard InChI is InChI=1S/C51H33N2O2S.Pt/c1-32-25-40(51-24-23-50(56-51)38-20-21-42-41-17-8-9-18-48(41)55-49(42)31-38)29-44(52-32)36-15-10-16-37(26-36)45-27-39(34-13-6-3-7-14-34)28-46(53-45)43-22-19-35(30-47(43)54)33-11-4-2-5-12-33;/h2-25,27-31,54H,1H3;/q-1;. The third-order valence-corrected chi connectivity index (χ3v) is 11.4. The van der Waals surface area contributed by atoms with Crippen LogP contribution in [0.4, 0.5) is 0 Å². The molecule has 10 aromatic rings. The third-order valence-electron chi connectivity index (χ3n) is 10.2. The van der Waals surface area contributed by atoms with Crippen LogP contribution in [-0.4, -0.2) is 15.1 Å². The van der Waals surface area contributed by atoms with E-state index in [9.17, 15) is 5.11 Å². The van der Waals surface area contributed by atoms with Crippen LogP contribution in [0.15, 0.2) is 180 Å². The minimum atomic E-state index is 0. The first-order chi connectivity index (χ1) is 27.5. The quantitative estimate of drug-likeness (QED) is 0.162. The first kappa shape index (κ1) is 36.3. The summed E-state index contributed by atoms with van der Waals surface area (Å²) in [5.74, 6) is 0.177. The number of nitrogens with zero attached hydrogens (tertiary/aromatic N) is 2. The zero-order chi connectivity index (χ0) is 37.6. The summed E-state index contributed by atoms with van der Waals surface area (Å²) in [6.45, 7) is 2.04. The van der Waals surface area contributed by atoms with Crippen molar-refractivity contribution in [1.82, 2.24) is 9.97 Å². The minimum absolute atomic E-state index is 0. The second-order valence-electron chi connectivity index (χ2n) is 13.9. The van der Waals surface area contributed by atoms with Crippen molar-refractivity contribution in [3.63, 3.8) is 0 Å². The molecule has 0 bridgehead atoms. The largest absolute Gasteiger partial charge is 0.507 e. The zero-order valence-corrected chi connectivity index (χ0v) is 33.8. The Kier molecular flexibility index (Phi) is 9.71. The fraction of sp³-hybridized carbons (Fsp3) is 0.0196. The van der Waals surface area contributed by atoms with Gasteiger partial charge < -0.3 is 9.52 Å². The van der Waals surface area contributed by atoms with Gasteiger partial charge in [-0.25, -0.2) is 0 Å². The van der Waals surface area contributed by atoms with Crippen molar-refractivity contribution in [1.29, 1.82) is 0 Å². The number of phenolic OH excluding ortho intramolecular Hbond substituents is 1. The van der Waals surface area contributed by atoms with Gasteiger partial charge in [-0.3, -0.25) is 9.97 Å². The van der Waals surface area contributed by atoms with E-state index in [1.807, 2.05) is 116 Å². The van der Waals surface area contributed by atoms with E-state index in [-0.39, 0.29) is 26.8 Å². The second kappa shape index (κ2) is 15.3. The first-order valence-electron chi connectivity index (χ1n) is 18.5.